The molecule has 0 saturated heterocycles. The number of carbonyl (C=O) groups is 1. The number of aromatic nitrogens is 1. The fraction of sp³-hybridized carbons (Fsp3) is 0.217. The summed E-state index contributed by atoms with van der Waals surface area (Å²) in [6, 6.07) is 18.8. The summed E-state index contributed by atoms with van der Waals surface area (Å²) in [6.45, 7) is 4.76. The van der Waals surface area contributed by atoms with Gasteiger partial charge in [0.25, 0.3) is 0 Å². The number of ether oxygens (including phenoxy) is 1. The van der Waals surface area contributed by atoms with E-state index in [2.05, 4.69) is 10.3 Å². The van der Waals surface area contributed by atoms with Crippen LogP contribution in [0.4, 0.5) is 5.69 Å². The van der Waals surface area contributed by atoms with Crippen molar-refractivity contribution in [1.82, 2.24) is 9.88 Å². The highest BCUT2D eigenvalue weighted by Crippen LogP contribution is 2.28. The lowest BCUT2D eigenvalue weighted by atomic mass is 10.0. The van der Waals surface area contributed by atoms with Crippen LogP contribution >= 0.6 is 0 Å². The smallest absolute Gasteiger partial charge is 0.246 e. The molecule has 0 aliphatic carbocycles. The SMILES string of the molecule is CCN(C)C(C(=O)Nc1ccc(Oc2cccnc2)c(C)c1)c1ccccc1. The van der Waals surface area contributed by atoms with Gasteiger partial charge in [-0.1, -0.05) is 37.3 Å². The van der Waals surface area contributed by atoms with Crippen LogP contribution in [-0.4, -0.2) is 29.4 Å². The Morgan fingerprint density at radius 3 is 2.57 bits per heavy atom. The largest absolute Gasteiger partial charge is 0.455 e. The van der Waals surface area contributed by atoms with E-state index in [1.165, 1.54) is 0 Å². The van der Waals surface area contributed by atoms with E-state index in [1.54, 1.807) is 12.4 Å². The summed E-state index contributed by atoms with van der Waals surface area (Å²) < 4.78 is 5.86. The minimum absolute atomic E-state index is 0.0594. The first kappa shape index (κ1) is 19.6. The number of carbonyl (C=O) groups excluding carboxylic acids is 1. The fourth-order valence-corrected chi connectivity index (χ4v) is 3.01. The Kier molecular flexibility index (Phi) is 6.40. The van der Waals surface area contributed by atoms with Gasteiger partial charge >= 0.3 is 0 Å². The third-order valence-corrected chi connectivity index (χ3v) is 4.61. The maximum absolute atomic E-state index is 13.0. The summed E-state index contributed by atoms with van der Waals surface area (Å²) in [6.07, 6.45) is 3.37. The van der Waals surface area contributed by atoms with Crippen LogP contribution in [0.3, 0.4) is 0 Å². The van der Waals surface area contributed by atoms with E-state index in [0.717, 1.165) is 29.1 Å². The second kappa shape index (κ2) is 9.15. The van der Waals surface area contributed by atoms with Gasteiger partial charge in [-0.15, -0.1) is 0 Å². The van der Waals surface area contributed by atoms with Gasteiger partial charge < -0.3 is 10.1 Å². The predicted octanol–water partition coefficient (Wildman–Crippen LogP) is 4.81. The Labute approximate surface area is 166 Å². The number of nitrogens with zero attached hydrogens (tertiary/aromatic N) is 2. The molecule has 1 N–H and O–H groups in total. The Bertz CT molecular complexity index is 914. The molecule has 2 aromatic carbocycles. The van der Waals surface area contributed by atoms with Gasteiger partial charge in [0.05, 0.1) is 6.20 Å². The molecule has 3 rings (SSSR count). The van der Waals surface area contributed by atoms with Crippen molar-refractivity contribution in [3.63, 3.8) is 0 Å². The average Bonchev–Trinajstić information content (AvgIpc) is 2.71. The molecule has 1 unspecified atom stereocenters. The summed E-state index contributed by atoms with van der Waals surface area (Å²) in [4.78, 5) is 19.1. The Morgan fingerprint density at radius 1 is 1.14 bits per heavy atom. The molecule has 1 heterocycles. The number of hydrogen-bond donors (Lipinski definition) is 1. The molecule has 1 amide bonds. The van der Waals surface area contributed by atoms with Crippen molar-refractivity contribution in [2.75, 3.05) is 18.9 Å². The molecule has 1 aromatic heterocycles. The molecule has 0 spiro atoms. The predicted molar refractivity (Wildman–Crippen MR) is 112 cm³/mol. The van der Waals surface area contributed by atoms with Crippen LogP contribution in [0.1, 0.15) is 24.1 Å². The molecule has 0 saturated carbocycles. The van der Waals surface area contributed by atoms with Crippen molar-refractivity contribution in [1.29, 1.82) is 0 Å². The molecule has 5 nitrogen and oxygen atoms in total. The number of aryl methyl sites for hydroxylation is 1. The first-order valence-corrected chi connectivity index (χ1v) is 9.33. The monoisotopic (exact) mass is 375 g/mol. The first-order chi connectivity index (χ1) is 13.6. The number of pyridine rings is 1. The molecule has 28 heavy (non-hydrogen) atoms. The zero-order valence-corrected chi connectivity index (χ0v) is 16.4. The van der Waals surface area contributed by atoms with Crippen molar-refractivity contribution in [3.05, 3.63) is 84.2 Å². The van der Waals surface area contributed by atoms with Gasteiger partial charge in [-0.3, -0.25) is 14.7 Å². The Balaban J connectivity index is 1.76. The second-order valence-electron chi connectivity index (χ2n) is 6.65. The molecule has 1 atom stereocenters. The lowest BCUT2D eigenvalue weighted by Crippen LogP contribution is -2.34. The van der Waals surface area contributed by atoms with Crippen molar-refractivity contribution < 1.29 is 9.53 Å². The average molecular weight is 375 g/mol. The van der Waals surface area contributed by atoms with Crippen LogP contribution in [0, 0.1) is 6.92 Å². The van der Waals surface area contributed by atoms with Gasteiger partial charge in [0.1, 0.15) is 17.5 Å². The van der Waals surface area contributed by atoms with Gasteiger partial charge in [0.2, 0.25) is 5.91 Å². The summed E-state index contributed by atoms with van der Waals surface area (Å²) in [5, 5.41) is 3.04. The zero-order valence-electron chi connectivity index (χ0n) is 16.4. The van der Waals surface area contributed by atoms with E-state index in [4.69, 9.17) is 4.74 Å². The molecule has 144 valence electrons. The highest BCUT2D eigenvalue weighted by Gasteiger charge is 2.24. The number of rotatable bonds is 7. The molecule has 0 aliphatic rings. The van der Waals surface area contributed by atoms with Crippen LogP contribution in [-0.2, 0) is 4.79 Å². The lowest BCUT2D eigenvalue weighted by molar-refractivity contribution is -0.121. The molecule has 0 bridgehead atoms. The molecule has 0 aliphatic heterocycles. The van der Waals surface area contributed by atoms with E-state index in [9.17, 15) is 4.79 Å². The number of benzene rings is 2. The highest BCUT2D eigenvalue weighted by atomic mass is 16.5. The zero-order chi connectivity index (χ0) is 19.9. The molecule has 5 heteroatoms. The lowest BCUT2D eigenvalue weighted by Gasteiger charge is -2.26. The van der Waals surface area contributed by atoms with E-state index >= 15 is 0 Å². The number of likely N-dealkylation sites (N-methyl/N-ethyl adjacent to an activating group) is 1. The van der Waals surface area contributed by atoms with Crippen molar-refractivity contribution in [2.45, 2.75) is 19.9 Å². The molecular formula is C23H25N3O2. The van der Waals surface area contributed by atoms with Crippen LogP contribution in [0.2, 0.25) is 0 Å². The van der Waals surface area contributed by atoms with E-state index in [1.807, 2.05) is 86.5 Å². The fourth-order valence-electron chi connectivity index (χ4n) is 3.01. The van der Waals surface area contributed by atoms with Gasteiger partial charge in [0, 0.05) is 11.9 Å². The normalized spacial score (nSPS) is 11.9. The summed E-state index contributed by atoms with van der Waals surface area (Å²) in [5.41, 5.74) is 2.64. The summed E-state index contributed by atoms with van der Waals surface area (Å²) >= 11 is 0. The third kappa shape index (κ3) is 4.75. The van der Waals surface area contributed by atoms with Crippen LogP contribution in [0.25, 0.3) is 0 Å². The Hall–Kier alpha value is -3.18. The Morgan fingerprint density at radius 2 is 1.93 bits per heavy atom. The van der Waals surface area contributed by atoms with Gasteiger partial charge in [-0.05, 0) is 62.0 Å². The van der Waals surface area contributed by atoms with Crippen LogP contribution in [0.5, 0.6) is 11.5 Å². The quantitative estimate of drug-likeness (QED) is 0.644. The number of anilines is 1. The highest BCUT2D eigenvalue weighted by molar-refractivity contribution is 5.95. The summed E-state index contributed by atoms with van der Waals surface area (Å²) in [5.74, 6) is 1.35. The van der Waals surface area contributed by atoms with Crippen LogP contribution < -0.4 is 10.1 Å². The summed E-state index contributed by atoms with van der Waals surface area (Å²) in [7, 11) is 1.95. The maximum Gasteiger partial charge on any atom is 0.246 e. The first-order valence-electron chi connectivity index (χ1n) is 9.33. The number of nitrogens with one attached hydrogen (secondary N) is 1. The molecule has 0 fully saturated rings. The van der Waals surface area contributed by atoms with E-state index in [-0.39, 0.29) is 11.9 Å². The maximum atomic E-state index is 13.0. The minimum Gasteiger partial charge on any atom is -0.455 e. The topological polar surface area (TPSA) is 54.5 Å². The van der Waals surface area contributed by atoms with Gasteiger partial charge in [-0.25, -0.2) is 0 Å². The molecule has 3 aromatic rings. The van der Waals surface area contributed by atoms with Crippen molar-refractivity contribution >= 4 is 11.6 Å². The second-order valence-corrected chi connectivity index (χ2v) is 6.65. The van der Waals surface area contributed by atoms with E-state index in [0.29, 0.717) is 5.75 Å². The van der Waals surface area contributed by atoms with Crippen LogP contribution in [0.15, 0.2) is 73.1 Å². The molecular weight excluding hydrogens is 350 g/mol. The molecule has 0 radical (unpaired) electrons. The number of amides is 1. The number of hydrogen-bond acceptors (Lipinski definition) is 4. The van der Waals surface area contributed by atoms with Crippen molar-refractivity contribution in [2.24, 2.45) is 0 Å². The van der Waals surface area contributed by atoms with Gasteiger partial charge in [0.15, 0.2) is 0 Å². The standard InChI is InChI=1S/C23H25N3O2/c1-4-26(3)22(18-9-6-5-7-10-18)23(27)25-19-12-13-21(17(2)15-19)28-20-11-8-14-24-16-20/h5-16,22H,4H2,1-3H3,(H,25,27). The minimum atomic E-state index is -0.349. The van der Waals surface area contributed by atoms with Gasteiger partial charge in [-0.2, -0.15) is 0 Å². The van der Waals surface area contributed by atoms with E-state index < -0.39 is 0 Å². The third-order valence-electron chi connectivity index (χ3n) is 4.61. The van der Waals surface area contributed by atoms with Crippen molar-refractivity contribution in [3.8, 4) is 11.5 Å².